The Labute approximate surface area is 67.2 Å². The van der Waals surface area contributed by atoms with Crippen molar-refractivity contribution in [2.75, 3.05) is 6.61 Å². The van der Waals surface area contributed by atoms with E-state index in [4.69, 9.17) is 10.2 Å². The van der Waals surface area contributed by atoms with Crippen LogP contribution in [0.15, 0.2) is 0 Å². The normalized spacial score (nSPS) is 7.62. The molecule has 0 aliphatic rings. The van der Waals surface area contributed by atoms with E-state index in [1.807, 2.05) is 0 Å². The van der Waals surface area contributed by atoms with Crippen LogP contribution < -0.4 is 0 Å². The van der Waals surface area contributed by atoms with Crippen molar-refractivity contribution in [3.8, 4) is 0 Å². The predicted octanol–water partition coefficient (Wildman–Crippen LogP) is -1.07. The quantitative estimate of drug-likeness (QED) is 0.697. The zero-order valence-electron chi connectivity index (χ0n) is 4.42. The molecule has 50 valence electrons. The number of rotatable bonds is 3. The maximum absolute atomic E-state index is 9.65. The van der Waals surface area contributed by atoms with Crippen molar-refractivity contribution in [3.63, 3.8) is 0 Å². The van der Waals surface area contributed by atoms with Crippen LogP contribution in [-0.4, -0.2) is 49.4 Å². The first-order valence-electron chi connectivity index (χ1n) is 2.10. The summed E-state index contributed by atoms with van der Waals surface area (Å²) in [4.78, 5) is 9.65. The molecule has 4 heteroatoms. The molecular formula is C4H10O3Po. The zero-order chi connectivity index (χ0) is 5.70. The molecule has 8 heavy (non-hydrogen) atoms. The SMILES string of the molecule is O=C(O)CCCO.[PoH2]. The van der Waals surface area contributed by atoms with Gasteiger partial charge in [-0.1, -0.05) is 0 Å². The summed E-state index contributed by atoms with van der Waals surface area (Å²) in [6.45, 7) is -0.0354. The van der Waals surface area contributed by atoms with Gasteiger partial charge in [0.25, 0.3) is 0 Å². The van der Waals surface area contributed by atoms with E-state index in [0.29, 0.717) is 6.42 Å². The minimum absolute atomic E-state index is 0. The van der Waals surface area contributed by atoms with Gasteiger partial charge in [-0.05, 0) is 6.42 Å². The van der Waals surface area contributed by atoms with E-state index < -0.39 is 5.97 Å². The number of hydrogen-bond donors (Lipinski definition) is 2. The minimum atomic E-state index is -0.853. The Kier molecular flexibility index (Phi) is 10.2. The van der Waals surface area contributed by atoms with E-state index >= 15 is 0 Å². The van der Waals surface area contributed by atoms with E-state index in [1.54, 1.807) is 0 Å². The number of aliphatic hydroxyl groups is 1. The third kappa shape index (κ3) is 9.59. The van der Waals surface area contributed by atoms with E-state index in [9.17, 15) is 4.79 Å². The Balaban J connectivity index is 0. The predicted molar refractivity (Wildman–Crippen MR) is 32.5 cm³/mol. The molecule has 0 saturated heterocycles. The van der Waals surface area contributed by atoms with Crippen LogP contribution in [0.2, 0.25) is 0 Å². The molecule has 0 saturated carbocycles. The van der Waals surface area contributed by atoms with Crippen molar-refractivity contribution < 1.29 is 15.0 Å². The topological polar surface area (TPSA) is 57.5 Å². The van der Waals surface area contributed by atoms with Crippen LogP contribution in [0, 0.1) is 0 Å². The Bertz CT molecular complexity index is 64.3. The number of carbonyl (C=O) groups is 1. The summed E-state index contributed by atoms with van der Waals surface area (Å²) in [5.41, 5.74) is 0. The first-order chi connectivity index (χ1) is 3.27. The van der Waals surface area contributed by atoms with Gasteiger partial charge >= 0.3 is 32.5 Å². The summed E-state index contributed by atoms with van der Waals surface area (Å²) in [6.07, 6.45) is 0.422. The van der Waals surface area contributed by atoms with Crippen molar-refractivity contribution in [2.24, 2.45) is 0 Å². The third-order valence-electron chi connectivity index (χ3n) is 0.549. The van der Waals surface area contributed by atoms with Crippen LogP contribution >= 0.6 is 0 Å². The van der Waals surface area contributed by atoms with Crippen molar-refractivity contribution in [3.05, 3.63) is 0 Å². The molecule has 0 rings (SSSR count). The van der Waals surface area contributed by atoms with Crippen molar-refractivity contribution >= 4 is 32.5 Å². The van der Waals surface area contributed by atoms with Gasteiger partial charge in [0.2, 0.25) is 0 Å². The molecule has 0 heterocycles. The zero-order valence-corrected chi connectivity index (χ0v) is 8.31. The summed E-state index contributed by atoms with van der Waals surface area (Å²) < 4.78 is 0. The van der Waals surface area contributed by atoms with Gasteiger partial charge in [0, 0.05) is 13.0 Å². The molecular weight excluding hydrogens is 305 g/mol. The fraction of sp³-hybridized carbons (Fsp3) is 0.750. The van der Waals surface area contributed by atoms with E-state index in [2.05, 4.69) is 0 Å². The maximum atomic E-state index is 9.65. The second-order valence-electron chi connectivity index (χ2n) is 1.22. The Morgan fingerprint density at radius 3 is 2.12 bits per heavy atom. The number of carboxylic acid groups (broad SMARTS) is 1. The summed E-state index contributed by atoms with van der Waals surface area (Å²) in [5.74, 6) is -0.853. The molecule has 0 aromatic heterocycles. The van der Waals surface area contributed by atoms with Gasteiger partial charge in [0.05, 0.1) is 0 Å². The van der Waals surface area contributed by atoms with Gasteiger partial charge in [-0.15, -0.1) is 0 Å². The van der Waals surface area contributed by atoms with Crippen molar-refractivity contribution in [2.45, 2.75) is 12.8 Å². The van der Waals surface area contributed by atoms with Crippen LogP contribution in [0.3, 0.4) is 0 Å². The van der Waals surface area contributed by atoms with E-state index in [0.717, 1.165) is 0 Å². The second-order valence-corrected chi connectivity index (χ2v) is 1.22. The molecule has 0 aliphatic heterocycles. The van der Waals surface area contributed by atoms with Gasteiger partial charge in [-0.2, -0.15) is 0 Å². The Hall–Kier alpha value is 0.326. The van der Waals surface area contributed by atoms with Gasteiger partial charge < -0.3 is 10.2 Å². The van der Waals surface area contributed by atoms with Gasteiger partial charge in [-0.25, -0.2) is 0 Å². The summed E-state index contributed by atoms with van der Waals surface area (Å²) in [6, 6.07) is 0. The fourth-order valence-electron chi connectivity index (χ4n) is 0.230. The van der Waals surface area contributed by atoms with Crippen LogP contribution in [-0.2, 0) is 4.79 Å². The van der Waals surface area contributed by atoms with Gasteiger partial charge in [0.1, 0.15) is 0 Å². The van der Waals surface area contributed by atoms with Gasteiger partial charge in [-0.3, -0.25) is 4.79 Å². The number of aliphatic carboxylic acids is 1. The average molecular weight is 315 g/mol. The number of aliphatic hydroxyl groups excluding tert-OH is 1. The molecule has 0 amide bonds. The molecule has 0 unspecified atom stereocenters. The Morgan fingerprint density at radius 2 is 2.00 bits per heavy atom. The van der Waals surface area contributed by atoms with E-state index in [-0.39, 0.29) is 39.6 Å². The molecule has 0 atom stereocenters. The molecule has 0 aromatic carbocycles. The molecule has 0 fully saturated rings. The van der Waals surface area contributed by atoms with Gasteiger partial charge in [0.15, 0.2) is 0 Å². The Morgan fingerprint density at radius 1 is 1.50 bits per heavy atom. The molecule has 0 radical (unpaired) electrons. The first kappa shape index (κ1) is 11.2. The molecule has 0 bridgehead atoms. The van der Waals surface area contributed by atoms with Crippen LogP contribution in [0.1, 0.15) is 12.8 Å². The first-order valence-corrected chi connectivity index (χ1v) is 2.10. The van der Waals surface area contributed by atoms with Crippen LogP contribution in [0.5, 0.6) is 0 Å². The average Bonchev–Trinajstić information content (AvgIpc) is 1.61. The number of hydrogen-bond acceptors (Lipinski definition) is 2. The number of carboxylic acids is 1. The summed E-state index contributed by atoms with van der Waals surface area (Å²) in [7, 11) is 0. The van der Waals surface area contributed by atoms with Crippen LogP contribution in [0.4, 0.5) is 0 Å². The van der Waals surface area contributed by atoms with E-state index in [1.165, 1.54) is 0 Å². The van der Waals surface area contributed by atoms with Crippen LogP contribution in [0.25, 0.3) is 0 Å². The summed E-state index contributed by atoms with van der Waals surface area (Å²) >= 11 is 0. The third-order valence-corrected chi connectivity index (χ3v) is 0.549. The molecule has 0 aromatic rings. The summed E-state index contributed by atoms with van der Waals surface area (Å²) in [5, 5.41) is 16.0. The molecule has 0 aliphatic carbocycles. The molecule has 2 N–H and O–H groups in total. The second kappa shape index (κ2) is 7.33. The standard InChI is InChI=1S/C4H8O3.Po.2H/c5-3-1-2-4(6)7;;;/h5H,1-3H2,(H,6,7);;;. The molecule has 0 spiro atoms. The van der Waals surface area contributed by atoms with Crippen molar-refractivity contribution in [1.29, 1.82) is 0 Å². The molecule has 3 nitrogen and oxygen atoms in total. The van der Waals surface area contributed by atoms with Crippen molar-refractivity contribution in [1.82, 2.24) is 0 Å². The fourth-order valence-corrected chi connectivity index (χ4v) is 0.230. The monoisotopic (exact) mass is 315 g/mol.